The van der Waals surface area contributed by atoms with Crippen LogP contribution in [0, 0.1) is 26.9 Å². The van der Waals surface area contributed by atoms with Crippen molar-refractivity contribution in [2.24, 2.45) is 5.41 Å². The van der Waals surface area contributed by atoms with Crippen molar-refractivity contribution in [1.82, 2.24) is 5.32 Å². The maximum absolute atomic E-state index is 10.5. The van der Waals surface area contributed by atoms with E-state index in [1.807, 2.05) is 13.8 Å². The van der Waals surface area contributed by atoms with Crippen molar-refractivity contribution in [3.8, 4) is 6.07 Å². The van der Waals surface area contributed by atoms with Gasteiger partial charge in [0.25, 0.3) is 5.69 Å². The molecule has 0 radical (unpaired) electrons. The zero-order valence-electron chi connectivity index (χ0n) is 12.1. The van der Waals surface area contributed by atoms with Crippen molar-refractivity contribution in [2.45, 2.75) is 39.7 Å². The summed E-state index contributed by atoms with van der Waals surface area (Å²) in [6, 6.07) is 8.87. The zero-order valence-corrected chi connectivity index (χ0v) is 12.1. The average molecular weight is 275 g/mol. The molecule has 0 saturated carbocycles. The SMILES string of the molecule is CC(C)(C#N)CCCCNCc1ccc([N+](=O)[O-])cc1. The molecule has 1 N–H and O–H groups in total. The monoisotopic (exact) mass is 275 g/mol. The van der Waals surface area contributed by atoms with Crippen molar-refractivity contribution < 1.29 is 4.92 Å². The van der Waals surface area contributed by atoms with Crippen molar-refractivity contribution in [3.05, 3.63) is 39.9 Å². The number of nitrogens with zero attached hydrogens (tertiary/aromatic N) is 2. The highest BCUT2D eigenvalue weighted by Gasteiger charge is 2.15. The number of nitrogens with one attached hydrogen (secondary N) is 1. The van der Waals surface area contributed by atoms with Crippen molar-refractivity contribution in [2.75, 3.05) is 6.54 Å². The van der Waals surface area contributed by atoms with Gasteiger partial charge in [-0.25, -0.2) is 0 Å². The highest BCUT2D eigenvalue weighted by atomic mass is 16.6. The third kappa shape index (κ3) is 5.81. The van der Waals surface area contributed by atoms with Gasteiger partial charge in [0.1, 0.15) is 0 Å². The Labute approximate surface area is 119 Å². The number of hydrogen-bond acceptors (Lipinski definition) is 4. The fourth-order valence-electron chi connectivity index (χ4n) is 1.84. The van der Waals surface area contributed by atoms with E-state index in [0.717, 1.165) is 31.4 Å². The highest BCUT2D eigenvalue weighted by molar-refractivity contribution is 5.32. The number of nitro groups is 1. The van der Waals surface area contributed by atoms with Gasteiger partial charge in [0.2, 0.25) is 0 Å². The zero-order chi connectivity index (χ0) is 15.0. The molecule has 1 aromatic rings. The molecule has 0 aliphatic rings. The summed E-state index contributed by atoms with van der Waals surface area (Å²) in [5, 5.41) is 22.7. The van der Waals surface area contributed by atoms with Crippen LogP contribution in [0.25, 0.3) is 0 Å². The standard InChI is InChI=1S/C15H21N3O2/c1-15(2,12-16)9-3-4-10-17-11-13-5-7-14(8-6-13)18(19)20/h5-8,17H,3-4,9-11H2,1-2H3. The first-order valence-corrected chi connectivity index (χ1v) is 6.80. The fraction of sp³-hybridized carbons (Fsp3) is 0.533. The van der Waals surface area contributed by atoms with Crippen molar-refractivity contribution in [1.29, 1.82) is 5.26 Å². The van der Waals surface area contributed by atoms with Crippen LogP contribution in [0.4, 0.5) is 5.69 Å². The van der Waals surface area contributed by atoms with Gasteiger partial charge in [-0.15, -0.1) is 0 Å². The molecular formula is C15H21N3O2. The summed E-state index contributed by atoms with van der Waals surface area (Å²) in [5.41, 5.74) is 0.915. The number of nitro benzene ring substituents is 1. The first-order valence-electron chi connectivity index (χ1n) is 6.80. The average Bonchev–Trinajstić information content (AvgIpc) is 2.43. The van der Waals surface area contributed by atoms with Crippen LogP contribution >= 0.6 is 0 Å². The van der Waals surface area contributed by atoms with E-state index in [1.165, 1.54) is 12.1 Å². The van der Waals surface area contributed by atoms with Gasteiger partial charge in [-0.05, 0) is 38.8 Å². The van der Waals surface area contributed by atoms with Crippen LogP contribution in [-0.2, 0) is 6.54 Å². The Kier molecular flexibility index (Phi) is 6.13. The first-order chi connectivity index (χ1) is 9.44. The van der Waals surface area contributed by atoms with Crippen LogP contribution in [0.15, 0.2) is 24.3 Å². The Hall–Kier alpha value is -1.93. The Morgan fingerprint density at radius 2 is 1.95 bits per heavy atom. The predicted octanol–water partition coefficient (Wildman–Crippen LogP) is 3.40. The van der Waals surface area contributed by atoms with Gasteiger partial charge in [0.15, 0.2) is 0 Å². The maximum atomic E-state index is 10.5. The minimum absolute atomic E-state index is 0.118. The first kappa shape index (κ1) is 16.1. The van der Waals surface area contributed by atoms with E-state index in [2.05, 4.69) is 11.4 Å². The van der Waals surface area contributed by atoms with Crippen LogP contribution in [-0.4, -0.2) is 11.5 Å². The number of rotatable bonds is 8. The smallest absolute Gasteiger partial charge is 0.269 e. The molecule has 0 unspecified atom stereocenters. The Bertz CT molecular complexity index is 475. The van der Waals surface area contributed by atoms with Gasteiger partial charge in [-0.3, -0.25) is 10.1 Å². The minimum atomic E-state index is -0.395. The molecule has 20 heavy (non-hydrogen) atoms. The summed E-state index contributed by atoms with van der Waals surface area (Å²) >= 11 is 0. The molecule has 5 heteroatoms. The number of non-ortho nitro benzene ring substituents is 1. The lowest BCUT2D eigenvalue weighted by Crippen LogP contribution is -2.15. The summed E-state index contributed by atoms with van der Waals surface area (Å²) in [6.07, 6.45) is 2.95. The summed E-state index contributed by atoms with van der Waals surface area (Å²) in [5.74, 6) is 0. The van der Waals surface area contributed by atoms with E-state index in [-0.39, 0.29) is 11.1 Å². The van der Waals surface area contributed by atoms with Gasteiger partial charge in [-0.1, -0.05) is 18.6 Å². The molecule has 0 bridgehead atoms. The lowest BCUT2D eigenvalue weighted by Gasteiger charge is -2.14. The van der Waals surface area contributed by atoms with Gasteiger partial charge in [-0.2, -0.15) is 5.26 Å². The second-order valence-corrected chi connectivity index (χ2v) is 5.55. The second-order valence-electron chi connectivity index (χ2n) is 5.55. The largest absolute Gasteiger partial charge is 0.313 e. The predicted molar refractivity (Wildman–Crippen MR) is 78.0 cm³/mol. The van der Waals surface area contributed by atoms with Crippen molar-refractivity contribution >= 4 is 5.69 Å². The third-order valence-corrected chi connectivity index (χ3v) is 3.18. The highest BCUT2D eigenvalue weighted by Crippen LogP contribution is 2.21. The molecular weight excluding hydrogens is 254 g/mol. The van der Waals surface area contributed by atoms with E-state index in [4.69, 9.17) is 5.26 Å². The third-order valence-electron chi connectivity index (χ3n) is 3.18. The Morgan fingerprint density at radius 3 is 2.50 bits per heavy atom. The van der Waals surface area contributed by atoms with E-state index in [9.17, 15) is 10.1 Å². The van der Waals surface area contributed by atoms with E-state index < -0.39 is 4.92 Å². The maximum Gasteiger partial charge on any atom is 0.269 e. The molecule has 1 aromatic carbocycles. The normalized spacial score (nSPS) is 11.1. The molecule has 0 spiro atoms. The second kappa shape index (κ2) is 7.61. The molecule has 0 amide bonds. The molecule has 108 valence electrons. The molecule has 0 heterocycles. The summed E-state index contributed by atoms with van der Waals surface area (Å²) in [7, 11) is 0. The number of nitriles is 1. The number of unbranched alkanes of at least 4 members (excludes halogenated alkanes) is 1. The molecule has 0 aliphatic heterocycles. The van der Waals surface area contributed by atoms with Crippen LogP contribution in [0.1, 0.15) is 38.7 Å². The Balaban J connectivity index is 2.19. The van der Waals surface area contributed by atoms with Gasteiger partial charge in [0, 0.05) is 18.7 Å². The van der Waals surface area contributed by atoms with E-state index >= 15 is 0 Å². The number of benzene rings is 1. The quantitative estimate of drug-likeness (QED) is 0.448. The van der Waals surface area contributed by atoms with Gasteiger partial charge >= 0.3 is 0 Å². The molecule has 1 rings (SSSR count). The summed E-state index contributed by atoms with van der Waals surface area (Å²) < 4.78 is 0. The van der Waals surface area contributed by atoms with Gasteiger partial charge < -0.3 is 5.32 Å². The van der Waals surface area contributed by atoms with Crippen LogP contribution < -0.4 is 5.32 Å². The van der Waals surface area contributed by atoms with E-state index in [0.29, 0.717) is 6.54 Å². The molecule has 0 aliphatic carbocycles. The lowest BCUT2D eigenvalue weighted by molar-refractivity contribution is -0.384. The molecule has 0 fully saturated rings. The van der Waals surface area contributed by atoms with E-state index in [1.54, 1.807) is 12.1 Å². The van der Waals surface area contributed by atoms with Crippen LogP contribution in [0.3, 0.4) is 0 Å². The van der Waals surface area contributed by atoms with Crippen LogP contribution in [0.2, 0.25) is 0 Å². The summed E-state index contributed by atoms with van der Waals surface area (Å²) in [6.45, 7) is 5.51. The fourth-order valence-corrected chi connectivity index (χ4v) is 1.84. The molecule has 5 nitrogen and oxygen atoms in total. The van der Waals surface area contributed by atoms with Crippen molar-refractivity contribution in [3.63, 3.8) is 0 Å². The topological polar surface area (TPSA) is 79.0 Å². The van der Waals surface area contributed by atoms with Gasteiger partial charge in [0.05, 0.1) is 16.4 Å². The molecule has 0 saturated heterocycles. The lowest BCUT2D eigenvalue weighted by atomic mass is 9.89. The Morgan fingerprint density at radius 1 is 1.30 bits per heavy atom. The minimum Gasteiger partial charge on any atom is -0.313 e. The molecule has 0 aromatic heterocycles. The summed E-state index contributed by atoms with van der Waals surface area (Å²) in [4.78, 5) is 10.1. The van der Waals surface area contributed by atoms with Crippen LogP contribution in [0.5, 0.6) is 0 Å². The number of hydrogen-bond donors (Lipinski definition) is 1. The molecule has 0 atom stereocenters.